The lowest BCUT2D eigenvalue weighted by Gasteiger charge is -2.12. The van der Waals surface area contributed by atoms with Gasteiger partial charge in [-0.1, -0.05) is 64.5 Å². The molecule has 0 aliphatic heterocycles. The Bertz CT molecular complexity index is 582. The van der Waals surface area contributed by atoms with Gasteiger partial charge < -0.3 is 14.4 Å². The summed E-state index contributed by atoms with van der Waals surface area (Å²) in [6, 6.07) is 0. The van der Waals surface area contributed by atoms with Gasteiger partial charge in [-0.15, -0.1) is 0 Å². The van der Waals surface area contributed by atoms with Crippen molar-refractivity contribution in [2.75, 3.05) is 26.4 Å². The molecule has 0 aromatic carbocycles. The smallest absolute Gasteiger partial charge is 0.462 e. The highest BCUT2D eigenvalue weighted by Gasteiger charge is 2.19. The molecule has 192 valence electrons. The third-order valence-corrected chi connectivity index (χ3v) is 5.77. The van der Waals surface area contributed by atoms with E-state index in [4.69, 9.17) is 18.5 Å². The second-order valence-corrected chi connectivity index (χ2v) is 9.66. The molecule has 0 amide bonds. The third kappa shape index (κ3) is 20.8. The van der Waals surface area contributed by atoms with E-state index in [0.29, 0.717) is 37.2 Å². The van der Waals surface area contributed by atoms with E-state index in [1.54, 1.807) is 13.8 Å². The van der Waals surface area contributed by atoms with Crippen LogP contribution in [0, 0.1) is 0 Å². The van der Waals surface area contributed by atoms with Crippen LogP contribution < -0.4 is 0 Å². The summed E-state index contributed by atoms with van der Waals surface area (Å²) in [5.41, 5.74) is 0.820. The molecule has 0 heterocycles. The minimum Gasteiger partial charge on any atom is -0.462 e. The van der Waals surface area contributed by atoms with Gasteiger partial charge in [0.05, 0.1) is 26.4 Å². The predicted octanol–water partition coefficient (Wildman–Crippen LogP) is 6.04. The normalized spacial score (nSPS) is 11.2. The van der Waals surface area contributed by atoms with Gasteiger partial charge in [-0.3, -0.25) is 9.05 Å². The van der Waals surface area contributed by atoms with Gasteiger partial charge in [0.25, 0.3) is 0 Å². The average Bonchev–Trinajstić information content (AvgIpc) is 2.75. The largest absolute Gasteiger partial charge is 0.472 e. The van der Waals surface area contributed by atoms with Crippen LogP contribution in [-0.2, 0) is 32.7 Å². The standard InChI is InChI=1S/C24H43O8P/c1-21(2)23(25)29-17-13-9-5-7-11-15-19-31-33(27,28)32-20-16-12-8-6-10-14-18-30-24(26)22(3)4/h1,3,5-20H2,2,4H3,(H,27,28). The quantitative estimate of drug-likeness (QED) is 0.0847. The van der Waals surface area contributed by atoms with E-state index in [-0.39, 0.29) is 25.2 Å². The molecule has 0 aromatic heterocycles. The monoisotopic (exact) mass is 490 g/mol. The van der Waals surface area contributed by atoms with Crippen LogP contribution in [0.2, 0.25) is 0 Å². The molecule has 0 bridgehead atoms. The Morgan fingerprint density at radius 2 is 0.879 bits per heavy atom. The molecule has 1 N–H and O–H groups in total. The van der Waals surface area contributed by atoms with Gasteiger partial charge in [0.2, 0.25) is 0 Å². The molecular formula is C24H43O8P. The Kier molecular flexibility index (Phi) is 19.1. The molecule has 0 spiro atoms. The molecule has 0 aromatic rings. The van der Waals surface area contributed by atoms with Crippen molar-refractivity contribution in [2.45, 2.75) is 90.9 Å². The topological polar surface area (TPSA) is 108 Å². The molecule has 0 atom stereocenters. The maximum Gasteiger partial charge on any atom is 0.472 e. The first-order valence-corrected chi connectivity index (χ1v) is 13.4. The van der Waals surface area contributed by atoms with Gasteiger partial charge in [-0.2, -0.15) is 0 Å². The molecule has 8 nitrogen and oxygen atoms in total. The lowest BCUT2D eigenvalue weighted by Crippen LogP contribution is -2.06. The zero-order chi connectivity index (χ0) is 25.0. The van der Waals surface area contributed by atoms with E-state index < -0.39 is 7.82 Å². The van der Waals surface area contributed by atoms with E-state index in [0.717, 1.165) is 64.2 Å². The minimum absolute atomic E-state index is 0.194. The van der Waals surface area contributed by atoms with Crippen LogP contribution in [0.1, 0.15) is 90.9 Å². The van der Waals surface area contributed by atoms with Crippen molar-refractivity contribution in [1.82, 2.24) is 0 Å². The summed E-state index contributed by atoms with van der Waals surface area (Å²) >= 11 is 0. The number of ether oxygens (including phenoxy) is 2. The Balaban J connectivity index is 3.45. The lowest BCUT2D eigenvalue weighted by atomic mass is 10.1. The first-order chi connectivity index (χ1) is 15.7. The fourth-order valence-electron chi connectivity index (χ4n) is 2.80. The van der Waals surface area contributed by atoms with Crippen molar-refractivity contribution < 1.29 is 37.6 Å². The predicted molar refractivity (Wildman–Crippen MR) is 129 cm³/mol. The Morgan fingerprint density at radius 3 is 1.18 bits per heavy atom. The summed E-state index contributed by atoms with van der Waals surface area (Å²) in [7, 11) is -3.98. The summed E-state index contributed by atoms with van der Waals surface area (Å²) in [5, 5.41) is 0. The molecule has 0 fully saturated rings. The van der Waals surface area contributed by atoms with Gasteiger partial charge in [-0.05, 0) is 39.5 Å². The van der Waals surface area contributed by atoms with Crippen molar-refractivity contribution in [1.29, 1.82) is 0 Å². The molecule has 0 saturated heterocycles. The van der Waals surface area contributed by atoms with Gasteiger partial charge in [-0.25, -0.2) is 14.2 Å². The molecule has 0 radical (unpaired) electrons. The third-order valence-electron chi connectivity index (χ3n) is 4.75. The summed E-state index contributed by atoms with van der Waals surface area (Å²) < 4.78 is 31.9. The van der Waals surface area contributed by atoms with Crippen LogP contribution in [0.4, 0.5) is 0 Å². The summed E-state index contributed by atoms with van der Waals surface area (Å²) in [6.45, 7) is 11.5. The van der Waals surface area contributed by atoms with Gasteiger partial charge in [0.15, 0.2) is 0 Å². The van der Waals surface area contributed by atoms with E-state index in [1.807, 2.05) is 0 Å². The summed E-state index contributed by atoms with van der Waals surface area (Å²) in [6.07, 6.45) is 10.8. The van der Waals surface area contributed by atoms with Crippen molar-refractivity contribution in [2.24, 2.45) is 0 Å². The molecule has 0 saturated carbocycles. The molecule has 0 rings (SSSR count). The number of esters is 2. The highest BCUT2D eigenvalue weighted by Crippen LogP contribution is 2.43. The maximum atomic E-state index is 11.8. The van der Waals surface area contributed by atoms with Crippen LogP contribution in [0.15, 0.2) is 24.3 Å². The Labute approximate surface area is 199 Å². The van der Waals surface area contributed by atoms with E-state index >= 15 is 0 Å². The number of phosphoric acid groups is 1. The molecule has 0 aliphatic carbocycles. The van der Waals surface area contributed by atoms with Crippen LogP contribution in [0.5, 0.6) is 0 Å². The molecule has 0 aliphatic rings. The molecular weight excluding hydrogens is 447 g/mol. The van der Waals surface area contributed by atoms with Crippen LogP contribution in [-0.4, -0.2) is 43.3 Å². The first kappa shape index (κ1) is 31.5. The molecule has 9 heteroatoms. The number of phosphoric ester groups is 1. The van der Waals surface area contributed by atoms with Crippen LogP contribution in [0.25, 0.3) is 0 Å². The van der Waals surface area contributed by atoms with E-state index in [1.165, 1.54) is 0 Å². The number of carbonyl (C=O) groups excluding carboxylic acids is 2. The Morgan fingerprint density at radius 1 is 0.606 bits per heavy atom. The number of unbranched alkanes of at least 4 members (excludes halogenated alkanes) is 10. The Hall–Kier alpha value is -1.47. The zero-order valence-corrected chi connectivity index (χ0v) is 21.4. The van der Waals surface area contributed by atoms with Crippen molar-refractivity contribution in [3.8, 4) is 0 Å². The van der Waals surface area contributed by atoms with Crippen molar-refractivity contribution in [3.63, 3.8) is 0 Å². The SMILES string of the molecule is C=C(C)C(=O)OCCCCCCCCOP(=O)(O)OCCCCCCCCOC(=O)C(=C)C. The number of hydrogen-bond acceptors (Lipinski definition) is 7. The van der Waals surface area contributed by atoms with E-state index in [9.17, 15) is 19.0 Å². The number of hydrogen-bond donors (Lipinski definition) is 1. The lowest BCUT2D eigenvalue weighted by molar-refractivity contribution is -0.139. The van der Waals surface area contributed by atoms with Gasteiger partial charge in [0, 0.05) is 11.1 Å². The second-order valence-electron chi connectivity index (χ2n) is 8.21. The number of carbonyl (C=O) groups is 2. The molecule has 0 unspecified atom stereocenters. The zero-order valence-electron chi connectivity index (χ0n) is 20.5. The highest BCUT2D eigenvalue weighted by atomic mass is 31.2. The minimum atomic E-state index is -3.98. The average molecular weight is 491 g/mol. The van der Waals surface area contributed by atoms with Crippen LogP contribution in [0.3, 0.4) is 0 Å². The van der Waals surface area contributed by atoms with Crippen LogP contribution >= 0.6 is 7.82 Å². The maximum absolute atomic E-state index is 11.8. The van der Waals surface area contributed by atoms with Gasteiger partial charge in [0.1, 0.15) is 0 Å². The summed E-state index contributed by atoms with van der Waals surface area (Å²) in [5.74, 6) is -0.697. The molecule has 33 heavy (non-hydrogen) atoms. The first-order valence-electron chi connectivity index (χ1n) is 11.9. The van der Waals surface area contributed by atoms with Gasteiger partial charge >= 0.3 is 19.8 Å². The highest BCUT2D eigenvalue weighted by molar-refractivity contribution is 7.47. The fraction of sp³-hybridized carbons (Fsp3) is 0.750. The fourth-order valence-corrected chi connectivity index (χ4v) is 3.59. The van der Waals surface area contributed by atoms with Crippen molar-refractivity contribution in [3.05, 3.63) is 24.3 Å². The number of rotatable bonds is 22. The second kappa shape index (κ2) is 20.0. The van der Waals surface area contributed by atoms with Crippen molar-refractivity contribution >= 4 is 19.8 Å². The summed E-state index contributed by atoms with van der Waals surface area (Å²) in [4.78, 5) is 32.1. The van der Waals surface area contributed by atoms with E-state index in [2.05, 4.69) is 13.2 Å².